The van der Waals surface area contributed by atoms with E-state index in [1.54, 1.807) is 119 Å². The second-order valence-corrected chi connectivity index (χ2v) is 20.4. The standard InChI is InChI=1S/2C12H23NO6.2C10H16.2C8H15NO4/c2*1-3-16-7-8-17-9-10-19-12(15)13-6-5-11(14)18-4-2;2*1-2-9-7-4-5-8(6-7)10(9)3-1;2*1-3-12-7(10)5-6-9-8(11)13-4-2/h2*3-10H2,1-2H3,(H,13,15);2*7-10H,1-6H2;2*3-6H2,1-2H3,(H,9,11). The Morgan fingerprint density at radius 2 is 0.524 bits per heavy atom. The Kier molecular flexibility index (Phi) is 46.7. The van der Waals surface area contributed by atoms with Crippen LogP contribution in [0.2, 0.25) is 0 Å². The van der Waals surface area contributed by atoms with Gasteiger partial charge < -0.3 is 78.1 Å². The fourth-order valence-corrected chi connectivity index (χ4v) is 11.6. The molecular weight excluding hydrogens is 1100 g/mol. The molecule has 0 aliphatic heterocycles. The number of carbonyl (C=O) groups is 8. The first kappa shape index (κ1) is 76.8. The molecule has 6 saturated carbocycles. The summed E-state index contributed by atoms with van der Waals surface area (Å²) in [6.07, 6.45) is 17.5. The Morgan fingerprint density at radius 3 is 0.774 bits per heavy atom. The molecule has 6 aliphatic rings. The number of rotatable bonds is 32. The maximum absolute atomic E-state index is 11.2. The highest BCUT2D eigenvalue weighted by Crippen LogP contribution is 2.59. The second-order valence-electron chi connectivity index (χ2n) is 20.4. The lowest BCUT2D eigenvalue weighted by atomic mass is 9.82. The monoisotopic (exact) mass is 1200 g/mol. The average molecular weight is 1210 g/mol. The summed E-state index contributed by atoms with van der Waals surface area (Å²) in [4.78, 5) is 87.2. The maximum Gasteiger partial charge on any atom is 0.407 e. The minimum Gasteiger partial charge on any atom is -0.466 e. The van der Waals surface area contributed by atoms with Crippen molar-refractivity contribution in [3.63, 3.8) is 0 Å². The number of amides is 4. The van der Waals surface area contributed by atoms with Crippen LogP contribution in [0.1, 0.15) is 158 Å². The van der Waals surface area contributed by atoms with Gasteiger partial charge in [-0.3, -0.25) is 19.2 Å². The highest BCUT2D eigenvalue weighted by molar-refractivity contribution is 5.73. The summed E-state index contributed by atoms with van der Waals surface area (Å²) in [5.74, 6) is 8.27. The van der Waals surface area contributed by atoms with E-state index in [0.717, 1.165) is 0 Å². The second kappa shape index (κ2) is 51.1. The van der Waals surface area contributed by atoms with Gasteiger partial charge in [0.1, 0.15) is 13.2 Å². The molecule has 0 heterocycles. The van der Waals surface area contributed by atoms with Gasteiger partial charge in [0.25, 0.3) is 0 Å². The molecule has 0 aromatic heterocycles. The summed E-state index contributed by atoms with van der Waals surface area (Å²) in [5.41, 5.74) is 0. The molecule has 8 atom stereocenters. The lowest BCUT2D eigenvalue weighted by Gasteiger charge is -2.23. The number of hydrogen-bond donors (Lipinski definition) is 4. The molecule has 0 aromatic rings. The minimum absolute atomic E-state index is 0.133. The van der Waals surface area contributed by atoms with Crippen molar-refractivity contribution >= 4 is 48.3 Å². The van der Waals surface area contributed by atoms with Crippen LogP contribution >= 0.6 is 0 Å². The third kappa shape index (κ3) is 37.3. The molecule has 8 unspecified atom stereocenters. The Hall–Kier alpha value is -5.20. The largest absolute Gasteiger partial charge is 0.466 e. The van der Waals surface area contributed by atoms with Crippen LogP contribution in [-0.2, 0) is 76.0 Å². The molecule has 6 rings (SSSR count). The topological polar surface area (TPSA) is 295 Å². The first-order valence-corrected chi connectivity index (χ1v) is 31.3. The van der Waals surface area contributed by atoms with Crippen LogP contribution < -0.4 is 21.3 Å². The molecule has 4 bridgehead atoms. The molecule has 4 amide bonds. The molecule has 24 heteroatoms. The van der Waals surface area contributed by atoms with Crippen molar-refractivity contribution in [1.82, 2.24) is 21.3 Å². The predicted octanol–water partition coefficient (Wildman–Crippen LogP) is 8.47. The van der Waals surface area contributed by atoms with Crippen LogP contribution in [0.3, 0.4) is 0 Å². The van der Waals surface area contributed by atoms with Gasteiger partial charge in [0.05, 0.1) is 105 Å². The van der Waals surface area contributed by atoms with Crippen LogP contribution in [0.25, 0.3) is 0 Å². The Labute approximate surface area is 500 Å². The molecule has 0 saturated heterocycles. The van der Waals surface area contributed by atoms with Crippen molar-refractivity contribution in [2.24, 2.45) is 47.3 Å². The zero-order valence-corrected chi connectivity index (χ0v) is 52.2. The third-order valence-corrected chi connectivity index (χ3v) is 14.9. The molecule has 4 N–H and O–H groups in total. The third-order valence-electron chi connectivity index (χ3n) is 14.9. The average Bonchev–Trinajstić information content (AvgIpc) is 2.61. The number of hydrogen-bond acceptors (Lipinski definition) is 20. The SMILES string of the molecule is C1CC2C3CCC(C3)C2C1.C1CC2C3CCC(C3)C2C1.CCOC(=O)CCNC(=O)OCC.CCOC(=O)CCNC(=O)OCC.CCOCCOCCOC(=O)NCCC(=O)OCC.CCOCCOCCOC(=O)NCCC(=O)OCC. The van der Waals surface area contributed by atoms with Crippen molar-refractivity contribution in [3.8, 4) is 0 Å². The maximum atomic E-state index is 11.2. The van der Waals surface area contributed by atoms with Crippen LogP contribution in [0, 0.1) is 47.3 Å². The van der Waals surface area contributed by atoms with Crippen LogP contribution in [0.4, 0.5) is 19.2 Å². The molecule has 0 aromatic carbocycles. The number of alkyl carbamates (subject to hydrolysis) is 4. The Bertz CT molecular complexity index is 1590. The molecule has 84 heavy (non-hydrogen) atoms. The molecule has 24 nitrogen and oxygen atoms in total. The molecule has 488 valence electrons. The number of carbonyl (C=O) groups excluding carboxylic acids is 8. The number of esters is 4. The van der Waals surface area contributed by atoms with Crippen molar-refractivity contribution in [3.05, 3.63) is 0 Å². The lowest BCUT2D eigenvalue weighted by molar-refractivity contribution is -0.143. The van der Waals surface area contributed by atoms with Gasteiger partial charge in [-0.15, -0.1) is 0 Å². The highest BCUT2D eigenvalue weighted by atomic mass is 16.6. The van der Waals surface area contributed by atoms with Gasteiger partial charge in [-0.05, 0) is 167 Å². The van der Waals surface area contributed by atoms with E-state index in [2.05, 4.69) is 40.2 Å². The van der Waals surface area contributed by atoms with Gasteiger partial charge in [-0.1, -0.05) is 12.8 Å². The van der Waals surface area contributed by atoms with Crippen LogP contribution in [0.5, 0.6) is 0 Å². The molecular formula is C60H108N4O20. The Morgan fingerprint density at radius 1 is 0.286 bits per heavy atom. The van der Waals surface area contributed by atoms with Gasteiger partial charge in [0.15, 0.2) is 0 Å². The molecule has 0 radical (unpaired) electrons. The fourth-order valence-electron chi connectivity index (χ4n) is 11.6. The number of ether oxygens (including phenoxy) is 12. The van der Waals surface area contributed by atoms with Gasteiger partial charge in [0.2, 0.25) is 0 Å². The van der Waals surface area contributed by atoms with E-state index < -0.39 is 24.4 Å². The number of nitrogens with one attached hydrogen (secondary N) is 4. The van der Waals surface area contributed by atoms with Gasteiger partial charge in [0, 0.05) is 39.4 Å². The van der Waals surface area contributed by atoms with Crippen LogP contribution in [0.15, 0.2) is 0 Å². The molecule has 6 fully saturated rings. The molecule has 0 spiro atoms. The van der Waals surface area contributed by atoms with Crippen LogP contribution in [-0.4, -0.2) is 180 Å². The first-order chi connectivity index (χ1) is 40.7. The summed E-state index contributed by atoms with van der Waals surface area (Å²) in [7, 11) is 0. The van der Waals surface area contributed by atoms with E-state index in [4.69, 9.17) is 37.9 Å². The van der Waals surface area contributed by atoms with Crippen molar-refractivity contribution in [2.45, 2.75) is 158 Å². The quantitative estimate of drug-likeness (QED) is 0.0279. The van der Waals surface area contributed by atoms with Crippen molar-refractivity contribution in [2.75, 3.05) is 132 Å². The van der Waals surface area contributed by atoms with E-state index in [0.29, 0.717) is 92.5 Å². The van der Waals surface area contributed by atoms with E-state index in [1.165, 1.54) is 47.3 Å². The fraction of sp³-hybridized carbons (Fsp3) is 0.867. The van der Waals surface area contributed by atoms with E-state index in [-0.39, 0.29) is 89.0 Å². The van der Waals surface area contributed by atoms with E-state index in [1.807, 2.05) is 13.8 Å². The summed E-state index contributed by atoms with van der Waals surface area (Å²) in [5, 5.41) is 9.70. The lowest BCUT2D eigenvalue weighted by Crippen LogP contribution is -2.28. The van der Waals surface area contributed by atoms with Crippen molar-refractivity contribution < 1.29 is 95.2 Å². The predicted molar refractivity (Wildman–Crippen MR) is 312 cm³/mol. The Balaban J connectivity index is 0.000000511. The van der Waals surface area contributed by atoms with Gasteiger partial charge in [-0.2, -0.15) is 0 Å². The van der Waals surface area contributed by atoms with E-state index in [9.17, 15) is 38.4 Å². The normalized spacial score (nSPS) is 21.0. The zero-order valence-electron chi connectivity index (χ0n) is 52.2. The summed E-state index contributed by atoms with van der Waals surface area (Å²) >= 11 is 0. The highest BCUT2D eigenvalue weighted by Gasteiger charge is 2.49. The molecule has 6 aliphatic carbocycles. The van der Waals surface area contributed by atoms with Gasteiger partial charge >= 0.3 is 48.3 Å². The summed E-state index contributed by atoms with van der Waals surface area (Å²) in [6, 6.07) is 0. The first-order valence-electron chi connectivity index (χ1n) is 31.3. The number of fused-ring (bicyclic) bond motifs is 10. The smallest absolute Gasteiger partial charge is 0.407 e. The van der Waals surface area contributed by atoms with Crippen molar-refractivity contribution in [1.29, 1.82) is 0 Å². The summed E-state index contributed by atoms with van der Waals surface area (Å²) < 4.78 is 58.0. The minimum atomic E-state index is -0.572. The van der Waals surface area contributed by atoms with E-state index >= 15 is 0 Å². The summed E-state index contributed by atoms with van der Waals surface area (Å²) in [6.45, 7) is 21.4. The zero-order chi connectivity index (χ0) is 62.0. The van der Waals surface area contributed by atoms with Gasteiger partial charge in [-0.25, -0.2) is 19.2 Å².